The molecule has 3 aliphatic rings. The summed E-state index contributed by atoms with van der Waals surface area (Å²) in [5.41, 5.74) is -0.399. The van der Waals surface area contributed by atoms with Crippen LogP contribution in [0, 0.1) is 52.4 Å². The Hall–Kier alpha value is -3.43. The third-order valence-corrected chi connectivity index (χ3v) is 6.46. The zero-order chi connectivity index (χ0) is 21.6. The molecule has 146 valence electrons. The van der Waals surface area contributed by atoms with Gasteiger partial charge in [-0.3, -0.25) is 4.79 Å². The minimum absolute atomic E-state index is 0.0694. The van der Waals surface area contributed by atoms with Crippen molar-refractivity contribution in [2.24, 2.45) is 22.7 Å². The van der Waals surface area contributed by atoms with Gasteiger partial charge >= 0.3 is 5.97 Å². The normalized spacial score (nSPS) is 29.7. The number of rotatable bonds is 0. The van der Waals surface area contributed by atoms with Crippen LogP contribution in [0.3, 0.4) is 0 Å². The van der Waals surface area contributed by atoms with E-state index in [1.165, 1.54) is 13.2 Å². The van der Waals surface area contributed by atoms with Gasteiger partial charge in [-0.25, -0.2) is 9.64 Å². The van der Waals surface area contributed by atoms with E-state index in [-0.39, 0.29) is 28.9 Å². The van der Waals surface area contributed by atoms with Gasteiger partial charge < -0.3 is 9.53 Å². The van der Waals surface area contributed by atoms with Gasteiger partial charge in [0.25, 0.3) is 0 Å². The lowest BCUT2D eigenvalue weighted by atomic mass is 9.48. The molecule has 6 heteroatoms. The Kier molecular flexibility index (Phi) is 4.81. The molecule has 1 saturated carbocycles. The number of nitrogens with zero attached hydrogens (tertiary/aromatic N) is 2. The number of hydrogen-bond donors (Lipinski definition) is 0. The van der Waals surface area contributed by atoms with Crippen molar-refractivity contribution < 1.29 is 19.1 Å². The molecule has 0 heterocycles. The molecule has 0 radical (unpaired) electrons. The van der Waals surface area contributed by atoms with Crippen LogP contribution in [0.5, 0.6) is 0 Å². The van der Waals surface area contributed by atoms with Crippen LogP contribution >= 0.6 is 0 Å². The predicted octanol–water partition coefficient (Wildman–Crippen LogP) is 2.94. The monoisotopic (exact) mass is 388 g/mol. The molecule has 0 saturated heterocycles. The van der Waals surface area contributed by atoms with Gasteiger partial charge in [0.2, 0.25) is 5.70 Å². The maximum absolute atomic E-state index is 12.8. The van der Waals surface area contributed by atoms with Crippen molar-refractivity contribution >= 4 is 17.5 Å². The van der Waals surface area contributed by atoms with E-state index in [0.717, 1.165) is 5.57 Å². The van der Waals surface area contributed by atoms with Gasteiger partial charge in [-0.2, -0.15) is 5.26 Å². The quantitative estimate of drug-likeness (QED) is 0.276. The Balaban J connectivity index is 2.21. The van der Waals surface area contributed by atoms with Crippen LogP contribution in [0.1, 0.15) is 33.6 Å². The molecule has 1 fully saturated rings. The van der Waals surface area contributed by atoms with Gasteiger partial charge in [-0.15, -0.1) is 0 Å². The van der Waals surface area contributed by atoms with Crippen LogP contribution in [-0.2, 0) is 19.1 Å². The van der Waals surface area contributed by atoms with Gasteiger partial charge in [-0.05, 0) is 30.4 Å². The van der Waals surface area contributed by atoms with Crippen molar-refractivity contribution in [2.75, 3.05) is 7.11 Å². The number of fused-ring (bicyclic) bond motifs is 3. The number of hydrogen-bond acceptors (Lipinski definition) is 5. The smallest absolute Gasteiger partial charge is 0.384 e. The first-order valence-corrected chi connectivity index (χ1v) is 9.27. The Morgan fingerprint density at radius 3 is 2.59 bits per heavy atom. The summed E-state index contributed by atoms with van der Waals surface area (Å²) in [6.45, 7) is 13.1. The van der Waals surface area contributed by atoms with Crippen LogP contribution in [0.15, 0.2) is 34.6 Å². The van der Waals surface area contributed by atoms with Gasteiger partial charge in [0.1, 0.15) is 11.6 Å². The van der Waals surface area contributed by atoms with E-state index < -0.39 is 22.6 Å². The summed E-state index contributed by atoms with van der Waals surface area (Å²) in [5.74, 6) is 3.19. The second kappa shape index (κ2) is 6.87. The molecule has 3 aliphatic carbocycles. The van der Waals surface area contributed by atoms with Crippen molar-refractivity contribution in [3.05, 3.63) is 46.0 Å². The van der Waals surface area contributed by atoms with Gasteiger partial charge in [-0.1, -0.05) is 32.8 Å². The summed E-state index contributed by atoms with van der Waals surface area (Å²) in [7, 11) is 1.21. The lowest BCUT2D eigenvalue weighted by Gasteiger charge is -2.54. The van der Waals surface area contributed by atoms with Gasteiger partial charge in [0.15, 0.2) is 11.6 Å². The van der Waals surface area contributed by atoms with Crippen LogP contribution in [0.2, 0.25) is 0 Å². The summed E-state index contributed by atoms with van der Waals surface area (Å²) in [4.78, 5) is 40.4. The molecule has 0 aliphatic heterocycles. The first-order chi connectivity index (χ1) is 13.6. The number of ketones is 2. The van der Waals surface area contributed by atoms with E-state index in [1.807, 2.05) is 26.8 Å². The standard InChI is InChI=1S/C23H20N2O4/c1-22(2)19-8-6-14-13(7-9-20(27)29-5)15(12-24)18(26)10-16(14)23(19,3)11-17(25-4)21(22)28/h10-11,14,19H,6,8H2,1-3,5H3. The summed E-state index contributed by atoms with van der Waals surface area (Å²) < 4.78 is 4.55. The molecule has 0 aromatic rings. The fraction of sp³-hybridized carbons (Fsp3) is 0.435. The third-order valence-electron chi connectivity index (χ3n) is 6.46. The van der Waals surface area contributed by atoms with E-state index in [2.05, 4.69) is 21.4 Å². The number of nitriles is 1. The molecule has 0 N–H and O–H groups in total. The molecule has 6 nitrogen and oxygen atoms in total. The van der Waals surface area contributed by atoms with Gasteiger partial charge in [0, 0.05) is 28.2 Å². The highest BCUT2D eigenvalue weighted by Gasteiger charge is 2.56. The van der Waals surface area contributed by atoms with E-state index in [4.69, 9.17) is 6.57 Å². The Labute approximate surface area is 169 Å². The predicted molar refractivity (Wildman–Crippen MR) is 103 cm³/mol. The van der Waals surface area contributed by atoms with Crippen LogP contribution in [-0.4, -0.2) is 24.6 Å². The minimum Gasteiger partial charge on any atom is -0.459 e. The number of esters is 1. The summed E-state index contributed by atoms with van der Waals surface area (Å²) in [6, 6.07) is 1.92. The second-order valence-corrected chi connectivity index (χ2v) is 8.26. The molecule has 0 amide bonds. The molecule has 0 bridgehead atoms. The molecular formula is C23H20N2O4. The molecule has 0 aromatic carbocycles. The van der Waals surface area contributed by atoms with Crippen LogP contribution in [0.4, 0.5) is 0 Å². The van der Waals surface area contributed by atoms with E-state index in [1.54, 1.807) is 6.08 Å². The minimum atomic E-state index is -0.755. The average molecular weight is 388 g/mol. The lowest BCUT2D eigenvalue weighted by Crippen LogP contribution is -2.51. The maximum atomic E-state index is 12.8. The number of allylic oxidation sites excluding steroid dienone is 6. The largest absolute Gasteiger partial charge is 0.459 e. The second-order valence-electron chi connectivity index (χ2n) is 8.26. The average Bonchev–Trinajstić information content (AvgIpc) is 2.68. The number of Topliss-reactive ketones (excluding diaryl/α,β-unsaturated/α-hetero) is 1. The number of ether oxygens (including phenoxy) is 1. The van der Waals surface area contributed by atoms with E-state index in [9.17, 15) is 19.6 Å². The molecule has 3 rings (SSSR count). The topological polar surface area (TPSA) is 88.6 Å². The highest BCUT2D eigenvalue weighted by molar-refractivity contribution is 6.10. The number of carbonyl (C=O) groups excluding carboxylic acids is 3. The zero-order valence-corrected chi connectivity index (χ0v) is 16.8. The summed E-state index contributed by atoms with van der Waals surface area (Å²) in [5, 5.41) is 9.50. The lowest BCUT2D eigenvalue weighted by molar-refractivity contribution is -0.134. The number of methoxy groups -OCH3 is 1. The first kappa shape index (κ1) is 20.3. The zero-order valence-electron chi connectivity index (χ0n) is 16.8. The van der Waals surface area contributed by atoms with Crippen molar-refractivity contribution in [3.8, 4) is 17.9 Å². The van der Waals surface area contributed by atoms with Crippen LogP contribution in [0.25, 0.3) is 4.85 Å². The van der Waals surface area contributed by atoms with Crippen molar-refractivity contribution in [1.29, 1.82) is 5.26 Å². The fourth-order valence-electron chi connectivity index (χ4n) is 5.09. The first-order valence-electron chi connectivity index (χ1n) is 9.27. The SMILES string of the molecule is [C-]#[N+]C1=CC2(C)C3=CC(=O)C(C#N)=C(C#CC(=O)OC)C3CCC2C(C)(C)C1=O. The summed E-state index contributed by atoms with van der Waals surface area (Å²) >= 11 is 0. The molecule has 29 heavy (non-hydrogen) atoms. The summed E-state index contributed by atoms with van der Waals surface area (Å²) in [6.07, 6.45) is 4.39. The van der Waals surface area contributed by atoms with Crippen molar-refractivity contribution in [2.45, 2.75) is 33.6 Å². The van der Waals surface area contributed by atoms with E-state index >= 15 is 0 Å². The molecule has 0 aromatic heterocycles. The molecule has 0 spiro atoms. The maximum Gasteiger partial charge on any atom is 0.384 e. The third kappa shape index (κ3) is 2.91. The van der Waals surface area contributed by atoms with E-state index in [0.29, 0.717) is 18.4 Å². The Morgan fingerprint density at radius 1 is 1.31 bits per heavy atom. The molecular weight excluding hydrogens is 368 g/mol. The fourth-order valence-corrected chi connectivity index (χ4v) is 5.09. The van der Waals surface area contributed by atoms with Gasteiger partial charge in [0.05, 0.1) is 13.7 Å². The van der Waals surface area contributed by atoms with Crippen LogP contribution < -0.4 is 0 Å². The van der Waals surface area contributed by atoms with Crippen molar-refractivity contribution in [3.63, 3.8) is 0 Å². The molecule has 3 unspecified atom stereocenters. The highest BCUT2D eigenvalue weighted by atomic mass is 16.5. The Bertz CT molecular complexity index is 1080. The molecule has 3 atom stereocenters. The number of carbonyl (C=O) groups is 3. The highest BCUT2D eigenvalue weighted by Crippen LogP contribution is 2.60. The Morgan fingerprint density at radius 2 is 2.00 bits per heavy atom. The van der Waals surface area contributed by atoms with Crippen molar-refractivity contribution in [1.82, 2.24) is 0 Å².